The molecule has 0 unspecified atom stereocenters. The van der Waals surface area contributed by atoms with Gasteiger partial charge in [-0.1, -0.05) is 48.5 Å². The van der Waals surface area contributed by atoms with Crippen LogP contribution in [0, 0.1) is 5.92 Å². The molecule has 1 heterocycles. The Labute approximate surface area is 157 Å². The van der Waals surface area contributed by atoms with Gasteiger partial charge in [0, 0.05) is 23.0 Å². The van der Waals surface area contributed by atoms with E-state index in [0.717, 1.165) is 23.2 Å². The lowest BCUT2D eigenvalue weighted by atomic mass is 10.0. The number of rotatable bonds is 4. The van der Waals surface area contributed by atoms with Gasteiger partial charge in [-0.15, -0.1) is 0 Å². The van der Waals surface area contributed by atoms with Gasteiger partial charge in [-0.3, -0.25) is 4.79 Å². The molecule has 0 spiro atoms. The van der Waals surface area contributed by atoms with Crippen LogP contribution in [0.25, 0.3) is 11.4 Å². The van der Waals surface area contributed by atoms with Gasteiger partial charge >= 0.3 is 6.18 Å². The quantitative estimate of drug-likeness (QED) is 0.686. The monoisotopic (exact) mass is 389 g/mol. The average Bonchev–Trinajstić information content (AvgIpc) is 3.33. The highest BCUT2D eigenvalue weighted by molar-refractivity contribution is 7.10. The number of hydrogen-bond acceptors (Lipinski definition) is 4. The molecule has 0 radical (unpaired) electrons. The van der Waals surface area contributed by atoms with Crippen molar-refractivity contribution in [1.29, 1.82) is 0 Å². The number of aromatic nitrogens is 2. The summed E-state index contributed by atoms with van der Waals surface area (Å²) in [6.07, 6.45) is -4.03. The Morgan fingerprint density at radius 1 is 1.07 bits per heavy atom. The van der Waals surface area contributed by atoms with Crippen molar-refractivity contribution >= 4 is 22.6 Å². The Hall–Kier alpha value is -2.74. The van der Waals surface area contributed by atoms with Crippen molar-refractivity contribution in [1.82, 2.24) is 9.36 Å². The van der Waals surface area contributed by atoms with Crippen LogP contribution in [-0.4, -0.2) is 15.3 Å². The Bertz CT molecular complexity index is 972. The molecule has 27 heavy (non-hydrogen) atoms. The maximum Gasteiger partial charge on any atom is 0.416 e. The maximum atomic E-state index is 13.2. The number of alkyl halides is 3. The fourth-order valence-electron chi connectivity index (χ4n) is 3.08. The molecule has 2 aromatic carbocycles. The molecule has 1 aromatic heterocycles. The van der Waals surface area contributed by atoms with Crippen LogP contribution in [0.4, 0.5) is 18.3 Å². The van der Waals surface area contributed by atoms with E-state index in [2.05, 4.69) is 14.7 Å². The van der Waals surface area contributed by atoms with Gasteiger partial charge in [0.25, 0.3) is 0 Å². The molecule has 1 aliphatic carbocycles. The normalized spacial score (nSPS) is 18.9. The van der Waals surface area contributed by atoms with Crippen molar-refractivity contribution in [2.24, 2.45) is 5.92 Å². The Balaban J connectivity index is 1.45. The number of halogens is 3. The molecule has 1 aliphatic rings. The van der Waals surface area contributed by atoms with Crippen LogP contribution in [-0.2, 0) is 11.0 Å². The van der Waals surface area contributed by atoms with E-state index in [1.165, 1.54) is 12.1 Å². The van der Waals surface area contributed by atoms with E-state index >= 15 is 0 Å². The molecular weight excluding hydrogens is 375 g/mol. The molecule has 8 heteroatoms. The molecule has 1 N–H and O–H groups in total. The van der Waals surface area contributed by atoms with Gasteiger partial charge in [-0.25, -0.2) is 0 Å². The highest BCUT2D eigenvalue weighted by Gasteiger charge is 2.48. The van der Waals surface area contributed by atoms with Gasteiger partial charge < -0.3 is 5.32 Å². The Kier molecular flexibility index (Phi) is 4.43. The van der Waals surface area contributed by atoms with E-state index in [9.17, 15) is 18.0 Å². The molecule has 1 fully saturated rings. The minimum absolute atomic E-state index is 0.174. The van der Waals surface area contributed by atoms with Crippen LogP contribution in [0.15, 0.2) is 54.6 Å². The van der Waals surface area contributed by atoms with Gasteiger partial charge in [-0.05, 0) is 24.0 Å². The molecule has 1 amide bonds. The number of nitrogens with one attached hydrogen (secondary N) is 1. The molecular formula is C19H14F3N3OS. The number of amides is 1. The van der Waals surface area contributed by atoms with Crippen LogP contribution in [0.2, 0.25) is 0 Å². The van der Waals surface area contributed by atoms with E-state index in [1.807, 2.05) is 30.3 Å². The number of nitrogens with zero attached hydrogens (tertiary/aromatic N) is 2. The van der Waals surface area contributed by atoms with Crippen molar-refractivity contribution in [3.8, 4) is 11.4 Å². The predicted octanol–water partition coefficient (Wildman–Crippen LogP) is 4.97. The summed E-state index contributed by atoms with van der Waals surface area (Å²) in [6.45, 7) is 0. The first-order chi connectivity index (χ1) is 12.9. The summed E-state index contributed by atoms with van der Waals surface area (Å²) in [5.74, 6) is -0.736. The summed E-state index contributed by atoms with van der Waals surface area (Å²) in [5, 5.41) is 3.02. The van der Waals surface area contributed by atoms with Crippen LogP contribution in [0.1, 0.15) is 23.5 Å². The summed E-state index contributed by atoms with van der Waals surface area (Å²) in [4.78, 5) is 16.7. The second-order valence-corrected chi connectivity index (χ2v) is 7.06. The summed E-state index contributed by atoms with van der Waals surface area (Å²) in [6, 6.07) is 14.7. The summed E-state index contributed by atoms with van der Waals surface area (Å²) < 4.78 is 43.7. The molecule has 0 aliphatic heterocycles. The smallest absolute Gasteiger partial charge is 0.300 e. The summed E-state index contributed by atoms with van der Waals surface area (Å²) in [7, 11) is 0. The molecule has 4 nitrogen and oxygen atoms in total. The summed E-state index contributed by atoms with van der Waals surface area (Å²) in [5.41, 5.74) is 0.331. The predicted molar refractivity (Wildman–Crippen MR) is 96.3 cm³/mol. The largest absolute Gasteiger partial charge is 0.416 e. The fourth-order valence-corrected chi connectivity index (χ4v) is 3.68. The van der Waals surface area contributed by atoms with Crippen molar-refractivity contribution in [2.45, 2.75) is 18.5 Å². The van der Waals surface area contributed by atoms with Crippen molar-refractivity contribution < 1.29 is 18.0 Å². The lowest BCUT2D eigenvalue weighted by Gasteiger charge is -2.12. The molecule has 3 aromatic rings. The van der Waals surface area contributed by atoms with Crippen molar-refractivity contribution in [2.75, 3.05) is 5.32 Å². The Morgan fingerprint density at radius 2 is 1.78 bits per heavy atom. The number of carbonyl (C=O) groups excluding carboxylic acids is 1. The highest BCUT2D eigenvalue weighted by Crippen LogP contribution is 2.51. The van der Waals surface area contributed by atoms with Gasteiger partial charge in [0.1, 0.15) is 0 Å². The van der Waals surface area contributed by atoms with E-state index in [4.69, 9.17) is 0 Å². The lowest BCUT2D eigenvalue weighted by molar-refractivity contribution is -0.138. The van der Waals surface area contributed by atoms with Gasteiger partial charge in [0.2, 0.25) is 11.0 Å². The number of hydrogen-bond donors (Lipinski definition) is 1. The second-order valence-electron chi connectivity index (χ2n) is 6.31. The van der Waals surface area contributed by atoms with E-state index in [0.29, 0.717) is 17.4 Å². The van der Waals surface area contributed by atoms with Gasteiger partial charge in [-0.2, -0.15) is 22.5 Å². The first-order valence-corrected chi connectivity index (χ1v) is 9.07. The zero-order valence-corrected chi connectivity index (χ0v) is 14.7. The third-order valence-electron chi connectivity index (χ3n) is 4.48. The van der Waals surface area contributed by atoms with E-state index in [1.54, 1.807) is 6.07 Å². The van der Waals surface area contributed by atoms with E-state index in [-0.39, 0.29) is 11.5 Å². The van der Waals surface area contributed by atoms with Gasteiger partial charge in [0.05, 0.1) is 5.56 Å². The zero-order chi connectivity index (χ0) is 19.0. The Morgan fingerprint density at radius 3 is 2.52 bits per heavy atom. The maximum absolute atomic E-state index is 13.2. The third kappa shape index (κ3) is 3.71. The SMILES string of the molecule is O=C(Nc1nc(-c2ccccc2)ns1)[C@@H]1C[C@H]1c1ccccc1C(F)(F)F. The van der Waals surface area contributed by atoms with Crippen molar-refractivity contribution in [3.05, 3.63) is 65.7 Å². The first-order valence-electron chi connectivity index (χ1n) is 8.29. The molecule has 0 saturated heterocycles. The molecule has 2 atom stereocenters. The van der Waals surface area contributed by atoms with Crippen LogP contribution >= 0.6 is 11.5 Å². The fraction of sp³-hybridized carbons (Fsp3) is 0.211. The van der Waals surface area contributed by atoms with Crippen LogP contribution in [0.5, 0.6) is 0 Å². The summed E-state index contributed by atoms with van der Waals surface area (Å²) >= 11 is 1.05. The molecule has 0 bridgehead atoms. The highest BCUT2D eigenvalue weighted by atomic mass is 32.1. The molecule has 1 saturated carbocycles. The van der Waals surface area contributed by atoms with Crippen LogP contribution in [0.3, 0.4) is 0 Å². The second kappa shape index (κ2) is 6.77. The third-order valence-corrected chi connectivity index (χ3v) is 5.11. The minimum atomic E-state index is -4.43. The van der Waals surface area contributed by atoms with Gasteiger partial charge in [0.15, 0.2) is 5.82 Å². The average molecular weight is 389 g/mol. The topological polar surface area (TPSA) is 54.9 Å². The number of carbonyl (C=O) groups is 1. The first kappa shape index (κ1) is 17.7. The zero-order valence-electron chi connectivity index (χ0n) is 13.9. The molecule has 4 rings (SSSR count). The number of anilines is 1. The number of benzene rings is 2. The standard InChI is InChI=1S/C19H14F3N3OS/c20-19(21,22)15-9-5-4-8-12(15)13-10-14(13)17(26)24-18-23-16(25-27-18)11-6-2-1-3-7-11/h1-9,13-14H,10H2,(H,23,24,25,26)/t13-,14+/m0/s1. The van der Waals surface area contributed by atoms with Crippen molar-refractivity contribution in [3.63, 3.8) is 0 Å². The van der Waals surface area contributed by atoms with Crippen LogP contribution < -0.4 is 5.32 Å². The molecule has 138 valence electrons. The minimum Gasteiger partial charge on any atom is -0.300 e. The van der Waals surface area contributed by atoms with E-state index < -0.39 is 23.6 Å². The lowest BCUT2D eigenvalue weighted by Crippen LogP contribution is -2.15.